The third kappa shape index (κ3) is 2.91. The van der Waals surface area contributed by atoms with Gasteiger partial charge in [0, 0.05) is 7.05 Å². The lowest BCUT2D eigenvalue weighted by molar-refractivity contribution is 0.594. The Morgan fingerprint density at radius 1 is 1.05 bits per heavy atom. The average Bonchev–Trinajstić information content (AvgIpc) is 2.47. The number of rotatable bonds is 3. The Kier molecular flexibility index (Phi) is 4.01. The predicted octanol–water partition coefficient (Wildman–Crippen LogP) is 3.00. The number of nitriles is 1. The quantitative estimate of drug-likeness (QED) is 0.875. The lowest BCUT2D eigenvalue weighted by Gasteiger charge is -2.20. The van der Waals surface area contributed by atoms with Crippen LogP contribution in [0.3, 0.4) is 0 Å². The second-order valence-corrected chi connectivity index (χ2v) is 6.87. The predicted molar refractivity (Wildman–Crippen MR) is 82.7 cm³/mol. The van der Waals surface area contributed by atoms with Gasteiger partial charge in [-0.3, -0.25) is 4.31 Å². The minimum atomic E-state index is -3.63. The molecular weight excluding hydrogens is 284 g/mol. The van der Waals surface area contributed by atoms with Crippen LogP contribution in [-0.4, -0.2) is 15.5 Å². The van der Waals surface area contributed by atoms with E-state index < -0.39 is 10.0 Å². The highest BCUT2D eigenvalue weighted by Gasteiger charge is 2.21. The highest BCUT2D eigenvalue weighted by Crippen LogP contribution is 2.23. The summed E-state index contributed by atoms with van der Waals surface area (Å²) in [6, 6.07) is 13.8. The molecule has 0 unspecified atom stereocenters. The number of benzene rings is 2. The Morgan fingerprint density at radius 3 is 2.19 bits per heavy atom. The monoisotopic (exact) mass is 300 g/mol. The summed E-state index contributed by atoms with van der Waals surface area (Å²) in [6.45, 7) is 3.67. The first kappa shape index (κ1) is 15.1. The molecular formula is C16H16N2O2S. The fourth-order valence-electron chi connectivity index (χ4n) is 1.97. The minimum absolute atomic E-state index is 0.182. The smallest absolute Gasteiger partial charge is 0.264 e. The van der Waals surface area contributed by atoms with Gasteiger partial charge in [-0.05, 0) is 49.7 Å². The zero-order valence-corrected chi connectivity index (χ0v) is 13.0. The Labute approximate surface area is 125 Å². The van der Waals surface area contributed by atoms with Gasteiger partial charge in [0.05, 0.1) is 22.2 Å². The molecule has 0 saturated carbocycles. The van der Waals surface area contributed by atoms with E-state index in [0.717, 1.165) is 5.56 Å². The van der Waals surface area contributed by atoms with Crippen molar-refractivity contribution in [2.45, 2.75) is 18.7 Å². The first-order valence-corrected chi connectivity index (χ1v) is 7.86. The van der Waals surface area contributed by atoms with Gasteiger partial charge < -0.3 is 0 Å². The van der Waals surface area contributed by atoms with Crippen LogP contribution in [0.4, 0.5) is 5.69 Å². The van der Waals surface area contributed by atoms with Crippen molar-refractivity contribution in [3.63, 3.8) is 0 Å². The van der Waals surface area contributed by atoms with E-state index in [-0.39, 0.29) is 4.90 Å². The maximum absolute atomic E-state index is 12.6. The Morgan fingerprint density at radius 2 is 1.67 bits per heavy atom. The molecule has 0 aliphatic heterocycles. The summed E-state index contributed by atoms with van der Waals surface area (Å²) in [5.74, 6) is 0. The van der Waals surface area contributed by atoms with Gasteiger partial charge in [-0.1, -0.05) is 17.7 Å². The lowest BCUT2D eigenvalue weighted by Crippen LogP contribution is -2.26. The number of nitrogens with zero attached hydrogens (tertiary/aromatic N) is 2. The summed E-state index contributed by atoms with van der Waals surface area (Å²) >= 11 is 0. The summed E-state index contributed by atoms with van der Waals surface area (Å²) in [7, 11) is -2.11. The minimum Gasteiger partial charge on any atom is -0.269 e. The van der Waals surface area contributed by atoms with Gasteiger partial charge in [0.25, 0.3) is 10.0 Å². The number of sulfonamides is 1. The summed E-state index contributed by atoms with van der Waals surface area (Å²) in [4.78, 5) is 0.182. The molecule has 2 aromatic rings. The van der Waals surface area contributed by atoms with Crippen molar-refractivity contribution in [3.05, 3.63) is 59.2 Å². The summed E-state index contributed by atoms with van der Waals surface area (Å²) < 4.78 is 26.5. The summed E-state index contributed by atoms with van der Waals surface area (Å²) in [6.07, 6.45) is 0. The molecule has 0 aliphatic carbocycles. The van der Waals surface area contributed by atoms with Crippen molar-refractivity contribution in [3.8, 4) is 6.07 Å². The van der Waals surface area contributed by atoms with Crippen LogP contribution in [0.15, 0.2) is 47.4 Å². The van der Waals surface area contributed by atoms with Crippen LogP contribution in [0, 0.1) is 25.2 Å². The van der Waals surface area contributed by atoms with Gasteiger partial charge in [0.15, 0.2) is 0 Å². The molecule has 0 aromatic heterocycles. The molecule has 0 saturated heterocycles. The van der Waals surface area contributed by atoms with E-state index in [2.05, 4.69) is 0 Å². The molecule has 2 aromatic carbocycles. The van der Waals surface area contributed by atoms with Crippen molar-refractivity contribution in [1.82, 2.24) is 0 Å². The van der Waals surface area contributed by atoms with E-state index in [9.17, 15) is 8.42 Å². The molecule has 5 heteroatoms. The number of anilines is 1. The van der Waals surface area contributed by atoms with Crippen molar-refractivity contribution in [1.29, 1.82) is 5.26 Å². The Balaban J connectivity index is 2.44. The summed E-state index contributed by atoms with van der Waals surface area (Å²) in [5, 5.41) is 8.92. The van der Waals surface area contributed by atoms with Crippen LogP contribution in [-0.2, 0) is 10.0 Å². The van der Waals surface area contributed by atoms with Gasteiger partial charge >= 0.3 is 0 Å². The fourth-order valence-corrected chi connectivity index (χ4v) is 3.25. The van der Waals surface area contributed by atoms with Crippen LogP contribution >= 0.6 is 0 Å². The zero-order valence-electron chi connectivity index (χ0n) is 12.2. The van der Waals surface area contributed by atoms with E-state index in [1.807, 2.05) is 25.1 Å². The van der Waals surface area contributed by atoms with Crippen LogP contribution in [0.25, 0.3) is 0 Å². The molecule has 21 heavy (non-hydrogen) atoms. The van der Waals surface area contributed by atoms with E-state index in [1.54, 1.807) is 19.1 Å². The molecule has 2 rings (SSSR count). The standard InChI is InChI=1S/C16H16N2O2S/c1-12-4-7-15(8-5-12)18(3)21(19,20)16-9-6-14(11-17)13(2)10-16/h4-10H,1-3H3. The molecule has 0 radical (unpaired) electrons. The Hall–Kier alpha value is -2.32. The van der Waals surface area contributed by atoms with Gasteiger partial charge in [0.1, 0.15) is 0 Å². The molecule has 0 bridgehead atoms. The molecule has 0 N–H and O–H groups in total. The van der Waals surface area contributed by atoms with Crippen LogP contribution < -0.4 is 4.31 Å². The molecule has 0 fully saturated rings. The van der Waals surface area contributed by atoms with Crippen molar-refractivity contribution in [2.75, 3.05) is 11.4 Å². The largest absolute Gasteiger partial charge is 0.269 e. The van der Waals surface area contributed by atoms with Crippen LogP contribution in [0.1, 0.15) is 16.7 Å². The first-order valence-electron chi connectivity index (χ1n) is 6.42. The second kappa shape index (κ2) is 5.58. The molecule has 0 heterocycles. The molecule has 4 nitrogen and oxygen atoms in total. The van der Waals surface area contributed by atoms with Gasteiger partial charge in [0.2, 0.25) is 0 Å². The normalized spacial score (nSPS) is 11.0. The zero-order chi connectivity index (χ0) is 15.6. The highest BCUT2D eigenvalue weighted by atomic mass is 32.2. The fraction of sp³-hybridized carbons (Fsp3) is 0.188. The molecule has 108 valence electrons. The maximum Gasteiger partial charge on any atom is 0.264 e. The first-order chi connectivity index (χ1) is 9.86. The average molecular weight is 300 g/mol. The third-order valence-electron chi connectivity index (χ3n) is 3.37. The molecule has 0 atom stereocenters. The van der Waals surface area contributed by atoms with E-state index in [4.69, 9.17) is 5.26 Å². The van der Waals surface area contributed by atoms with Gasteiger partial charge in [-0.15, -0.1) is 0 Å². The van der Waals surface area contributed by atoms with E-state index in [1.165, 1.54) is 29.6 Å². The van der Waals surface area contributed by atoms with Crippen molar-refractivity contribution in [2.24, 2.45) is 0 Å². The van der Waals surface area contributed by atoms with Gasteiger partial charge in [-0.2, -0.15) is 5.26 Å². The topological polar surface area (TPSA) is 61.2 Å². The lowest BCUT2D eigenvalue weighted by atomic mass is 10.1. The van der Waals surface area contributed by atoms with Crippen LogP contribution in [0.2, 0.25) is 0 Å². The van der Waals surface area contributed by atoms with Gasteiger partial charge in [-0.25, -0.2) is 8.42 Å². The van der Waals surface area contributed by atoms with Crippen molar-refractivity contribution >= 4 is 15.7 Å². The van der Waals surface area contributed by atoms with E-state index >= 15 is 0 Å². The second-order valence-electron chi connectivity index (χ2n) is 4.90. The summed E-state index contributed by atoms with van der Waals surface area (Å²) in [5.41, 5.74) is 2.80. The number of hydrogen-bond donors (Lipinski definition) is 0. The maximum atomic E-state index is 12.6. The number of aryl methyl sites for hydroxylation is 2. The third-order valence-corrected chi connectivity index (χ3v) is 5.16. The molecule has 0 spiro atoms. The Bertz CT molecular complexity index is 803. The molecule has 0 amide bonds. The highest BCUT2D eigenvalue weighted by molar-refractivity contribution is 7.92. The number of hydrogen-bond acceptors (Lipinski definition) is 3. The van der Waals surface area contributed by atoms with Crippen molar-refractivity contribution < 1.29 is 8.42 Å². The SMILES string of the molecule is Cc1ccc(N(C)S(=O)(=O)c2ccc(C#N)c(C)c2)cc1. The van der Waals surface area contributed by atoms with Crippen LogP contribution in [0.5, 0.6) is 0 Å². The molecule has 0 aliphatic rings. The van der Waals surface area contributed by atoms with E-state index in [0.29, 0.717) is 16.8 Å².